The van der Waals surface area contributed by atoms with E-state index in [-0.39, 0.29) is 21.1 Å². The first-order chi connectivity index (χ1) is 45.9. The van der Waals surface area contributed by atoms with E-state index in [2.05, 4.69) is 154 Å². The smallest absolute Gasteiger partial charge is 0.411 e. The van der Waals surface area contributed by atoms with Gasteiger partial charge in [0.25, 0.3) is 0 Å². The number of thiocarbonyl (C=S) groups is 6. The maximum absolute atomic E-state index is 5.15. The van der Waals surface area contributed by atoms with Crippen LogP contribution < -0.4 is 0 Å². The van der Waals surface area contributed by atoms with Crippen molar-refractivity contribution < 1.29 is 21.1 Å². The molecule has 0 aliphatic heterocycles. The van der Waals surface area contributed by atoms with Crippen LogP contribution in [0.25, 0.3) is 0 Å². The van der Waals surface area contributed by atoms with Crippen LogP contribution in [0.2, 0.25) is 0 Å². The van der Waals surface area contributed by atoms with Crippen LogP contribution in [-0.4, -0.2) is 134 Å². The SMILES string of the molecule is CCCCC(CC)CN(CCCC)C(=S)[S-].CCCCC(CC)CN(CCCC)C(=S)[S-].CCCCC(CC)CN(CCCC)C(=S)[S-].CCCCC(CC)CN(CCCC)C(=S)[S-].CCCCC(CC)CN(CCCC)C(=S)[S-].CCCCC(CC)CN(CCCC)C(=S)[S-].[Mo+6]. The van der Waals surface area contributed by atoms with Gasteiger partial charge in [-0.3, -0.25) is 0 Å². The molecule has 6 unspecified atom stereocenters. The van der Waals surface area contributed by atoms with E-state index < -0.39 is 0 Å². The van der Waals surface area contributed by atoms with E-state index in [1.165, 1.54) is 231 Å². The quantitative estimate of drug-likeness (QED) is 0.0327. The first kappa shape index (κ1) is 112. The van der Waals surface area contributed by atoms with Gasteiger partial charge in [-0.25, -0.2) is 0 Å². The third kappa shape index (κ3) is 74.0. The van der Waals surface area contributed by atoms with E-state index in [1.54, 1.807) is 0 Å². The Bertz CT molecular complexity index is 1410. The number of nitrogens with zero attached hydrogens (tertiary/aromatic N) is 6. The molecule has 0 heterocycles. The molecule has 0 spiro atoms. The predicted molar refractivity (Wildman–Crippen MR) is 479 cm³/mol. The summed E-state index contributed by atoms with van der Waals surface area (Å²) in [5.74, 6) is 4.57. The molecule has 0 N–H and O–H groups in total. The summed E-state index contributed by atoms with van der Waals surface area (Å²) in [6.45, 7) is 53.0. The van der Waals surface area contributed by atoms with Crippen LogP contribution in [0, 0.1) is 35.5 Å². The van der Waals surface area contributed by atoms with Crippen molar-refractivity contribution in [3.8, 4) is 0 Å². The van der Waals surface area contributed by atoms with Crippen LogP contribution in [-0.2, 0) is 96.8 Å². The second kappa shape index (κ2) is 84.6. The van der Waals surface area contributed by atoms with E-state index in [0.717, 1.165) is 114 Å². The Balaban J connectivity index is -0.000000200. The van der Waals surface area contributed by atoms with Crippen molar-refractivity contribution in [2.75, 3.05) is 78.5 Å². The van der Waals surface area contributed by atoms with Crippen LogP contribution in [0.3, 0.4) is 0 Å². The molecular weight excluding hydrogens is 1500 g/mol. The van der Waals surface area contributed by atoms with Gasteiger partial charge in [-0.1, -0.05) is 305 Å². The average Bonchev–Trinajstić information content (AvgIpc) is 2.35. The molecule has 0 aromatic carbocycles. The van der Waals surface area contributed by atoms with Gasteiger partial charge in [-0.05, 0) is 113 Å². The van der Waals surface area contributed by atoms with Crippen molar-refractivity contribution in [2.45, 2.75) is 356 Å². The van der Waals surface area contributed by atoms with Crippen LogP contribution in [0.15, 0.2) is 0 Å². The number of hydrogen-bond acceptors (Lipinski definition) is 12. The predicted octanol–water partition coefficient (Wildman–Crippen LogP) is 24.8. The Morgan fingerprint density at radius 2 is 0.309 bits per heavy atom. The molecule has 19 heteroatoms. The fourth-order valence-corrected chi connectivity index (χ4v) is 13.0. The molecule has 0 saturated carbocycles. The zero-order valence-corrected chi connectivity index (χ0v) is 78.2. The third-order valence-electron chi connectivity index (χ3n) is 18.4. The van der Waals surface area contributed by atoms with Crippen molar-refractivity contribution in [1.82, 2.24) is 29.4 Å². The molecule has 0 aromatic heterocycles. The minimum atomic E-state index is 0. The zero-order valence-electron chi connectivity index (χ0n) is 66.4. The van der Waals surface area contributed by atoms with Gasteiger partial charge >= 0.3 is 21.1 Å². The standard InChI is InChI=1S/6C13H27NS2.Mo/c6*1-4-7-9-12(6-3)11-14(13(15)16)10-8-5-2;/h6*12H,4-11H2,1-3H3,(H,15,16);/q;;;;;;+6/p-6. The number of unbranched alkanes of at least 4 members (excludes halogenated alkanes) is 12. The summed E-state index contributed by atoms with van der Waals surface area (Å²) in [6.07, 6.45) is 45.4. The Morgan fingerprint density at radius 1 is 0.206 bits per heavy atom. The van der Waals surface area contributed by atoms with Crippen molar-refractivity contribution in [1.29, 1.82) is 0 Å². The first-order valence-electron chi connectivity index (χ1n) is 39.7. The molecule has 0 amide bonds. The van der Waals surface area contributed by atoms with Gasteiger partial charge < -0.3 is 178 Å². The summed E-state index contributed by atoms with van der Waals surface area (Å²) in [4.78, 5) is 13.3. The molecular formula is C78H156MoN6S12. The van der Waals surface area contributed by atoms with Gasteiger partial charge in [-0.15, -0.1) is 0 Å². The van der Waals surface area contributed by atoms with Gasteiger partial charge in [0.2, 0.25) is 0 Å². The molecule has 0 saturated heterocycles. The fraction of sp³-hybridized carbons (Fsp3) is 0.923. The molecule has 6 nitrogen and oxygen atoms in total. The minimum absolute atomic E-state index is 0. The van der Waals surface area contributed by atoms with Crippen LogP contribution in [0.4, 0.5) is 0 Å². The summed E-state index contributed by atoms with van der Waals surface area (Å²) in [7, 11) is 0. The van der Waals surface area contributed by atoms with Crippen molar-refractivity contribution in [3.63, 3.8) is 0 Å². The minimum Gasteiger partial charge on any atom is -0.411 e. The molecule has 0 aliphatic rings. The van der Waals surface area contributed by atoms with E-state index in [4.69, 9.17) is 149 Å². The average molecular weight is 1660 g/mol. The fourth-order valence-electron chi connectivity index (χ4n) is 11.0. The number of hydrogen-bond donors (Lipinski definition) is 0. The van der Waals surface area contributed by atoms with Gasteiger partial charge in [0.05, 0.1) is 0 Å². The van der Waals surface area contributed by atoms with Crippen molar-refractivity contribution >= 4 is 175 Å². The summed E-state index contributed by atoms with van der Waals surface area (Å²) in [6, 6.07) is 0. The monoisotopic (exact) mass is 1660 g/mol. The molecule has 0 fully saturated rings. The second-order valence-electron chi connectivity index (χ2n) is 26.9. The van der Waals surface area contributed by atoms with Crippen LogP contribution in [0.5, 0.6) is 0 Å². The van der Waals surface area contributed by atoms with Crippen LogP contribution >= 0.6 is 73.3 Å². The molecule has 0 rings (SSSR count). The topological polar surface area (TPSA) is 19.4 Å². The van der Waals surface area contributed by atoms with Gasteiger partial charge in [0.1, 0.15) is 0 Å². The Kier molecular flexibility index (Phi) is 97.4. The molecule has 6 atom stereocenters. The first-order valence-corrected chi connectivity index (χ1v) is 44.6. The molecule has 576 valence electrons. The summed E-state index contributed by atoms with van der Waals surface area (Å²) >= 11 is 61.8. The molecule has 97 heavy (non-hydrogen) atoms. The third-order valence-corrected chi connectivity index (χ3v) is 21.5. The van der Waals surface area contributed by atoms with Gasteiger partial charge in [-0.2, -0.15) is 0 Å². The maximum Gasteiger partial charge on any atom is 6.00 e. The maximum atomic E-state index is 5.15. The molecule has 0 aromatic rings. The second-order valence-corrected chi connectivity index (χ2v) is 33.1. The number of rotatable bonds is 54. The molecule has 0 aliphatic carbocycles. The van der Waals surface area contributed by atoms with E-state index >= 15 is 0 Å². The summed E-state index contributed by atoms with van der Waals surface area (Å²) < 4.78 is 3.94. The summed E-state index contributed by atoms with van der Waals surface area (Å²) in [5, 5.41) is 0. The van der Waals surface area contributed by atoms with E-state index in [0.29, 0.717) is 25.9 Å². The van der Waals surface area contributed by atoms with Crippen molar-refractivity contribution in [2.24, 2.45) is 35.5 Å². The largest absolute Gasteiger partial charge is 6.00 e. The zero-order chi connectivity index (χ0) is 74.3. The molecule has 0 bridgehead atoms. The van der Waals surface area contributed by atoms with Gasteiger partial charge in [0.15, 0.2) is 0 Å². The van der Waals surface area contributed by atoms with Gasteiger partial charge in [0, 0.05) is 78.5 Å². The molecule has 0 radical (unpaired) electrons. The normalized spacial score (nSPS) is 12.3. The summed E-state index contributed by atoms with van der Waals surface area (Å²) in [5.41, 5.74) is 0. The van der Waals surface area contributed by atoms with Crippen LogP contribution in [0.1, 0.15) is 356 Å². The Hall–Kier alpha value is 1.35. The Morgan fingerprint density at radius 3 is 0.381 bits per heavy atom. The Labute approximate surface area is 688 Å². The van der Waals surface area contributed by atoms with E-state index in [9.17, 15) is 0 Å². The van der Waals surface area contributed by atoms with Crippen molar-refractivity contribution in [3.05, 3.63) is 0 Å². The van der Waals surface area contributed by atoms with E-state index in [1.807, 2.05) is 0 Å².